The number of esters is 1. The summed E-state index contributed by atoms with van der Waals surface area (Å²) in [5.74, 6) is -4.91. The molecule has 2 aromatic rings. The van der Waals surface area contributed by atoms with Crippen molar-refractivity contribution in [1.82, 2.24) is 0 Å². The third-order valence-electron chi connectivity index (χ3n) is 6.38. The monoisotopic (exact) mass is 532 g/mol. The number of carbonyl (C=O) groups is 4. The van der Waals surface area contributed by atoms with Crippen molar-refractivity contribution in [2.45, 2.75) is 50.7 Å². The minimum Gasteiger partial charge on any atom is -0.507 e. The molecule has 0 radical (unpaired) electrons. The number of benzene rings is 2. The average molecular weight is 532 g/mol. The first kappa shape index (κ1) is 27.2. The van der Waals surface area contributed by atoms with Gasteiger partial charge in [-0.1, -0.05) is 12.1 Å². The normalized spacial score (nSPS) is 24.5. The first-order valence-corrected chi connectivity index (χ1v) is 11.4. The summed E-state index contributed by atoms with van der Waals surface area (Å²) >= 11 is 0. The van der Waals surface area contributed by atoms with Crippen molar-refractivity contribution < 1.29 is 64.0 Å². The van der Waals surface area contributed by atoms with Gasteiger partial charge in [-0.05, 0) is 24.6 Å². The highest BCUT2D eigenvalue weighted by molar-refractivity contribution is 6.30. The van der Waals surface area contributed by atoms with Gasteiger partial charge < -0.3 is 44.8 Å². The number of aliphatic hydroxyl groups is 3. The number of aliphatic hydroxyl groups excluding tert-OH is 3. The standard InChI is InChI=1S/C25H24O13/c1-9-5-11-18(22(33)17-10(19(11)30)3-2-4-13(17)26)20(31)12(9)7-37-25-24(35)23(34)21(32)14(38-25)8-36-16(29)6-15(27)28/h2-5,14,21,23-26,31-32,34-35H,6-8H2,1H3,(H,27,28). The molecule has 2 aliphatic rings. The van der Waals surface area contributed by atoms with Crippen molar-refractivity contribution in [3.8, 4) is 11.5 Å². The number of aliphatic carboxylic acids is 1. The molecular weight excluding hydrogens is 508 g/mol. The minimum atomic E-state index is -1.80. The van der Waals surface area contributed by atoms with Crippen molar-refractivity contribution in [2.24, 2.45) is 0 Å². The Bertz CT molecular complexity index is 1320. The van der Waals surface area contributed by atoms with E-state index in [1.165, 1.54) is 31.2 Å². The predicted molar refractivity (Wildman–Crippen MR) is 122 cm³/mol. The fourth-order valence-electron chi connectivity index (χ4n) is 4.38. The molecule has 2 aromatic carbocycles. The Morgan fingerprint density at radius 1 is 0.974 bits per heavy atom. The molecule has 0 spiro atoms. The first-order chi connectivity index (χ1) is 17.9. The smallest absolute Gasteiger partial charge is 0.317 e. The largest absolute Gasteiger partial charge is 0.507 e. The number of fused-ring (bicyclic) bond motifs is 2. The van der Waals surface area contributed by atoms with E-state index in [0.29, 0.717) is 5.56 Å². The third-order valence-corrected chi connectivity index (χ3v) is 6.38. The summed E-state index contributed by atoms with van der Waals surface area (Å²) in [4.78, 5) is 48.2. The molecule has 13 nitrogen and oxygen atoms in total. The molecule has 5 atom stereocenters. The van der Waals surface area contributed by atoms with Gasteiger partial charge in [0.15, 0.2) is 12.1 Å². The van der Waals surface area contributed by atoms with E-state index in [9.17, 15) is 44.7 Å². The second-order valence-electron chi connectivity index (χ2n) is 8.88. The second-order valence-corrected chi connectivity index (χ2v) is 8.88. The fourth-order valence-corrected chi connectivity index (χ4v) is 4.38. The number of carboxylic acids is 1. The zero-order chi connectivity index (χ0) is 27.9. The molecule has 38 heavy (non-hydrogen) atoms. The molecule has 0 saturated carbocycles. The van der Waals surface area contributed by atoms with Gasteiger partial charge in [-0.3, -0.25) is 19.2 Å². The number of ketones is 2. The summed E-state index contributed by atoms with van der Waals surface area (Å²) in [6.07, 6.45) is -9.22. The Balaban J connectivity index is 1.55. The second kappa shape index (κ2) is 10.5. The van der Waals surface area contributed by atoms with E-state index in [1.54, 1.807) is 0 Å². The quantitative estimate of drug-likeness (QED) is 0.168. The number of rotatable bonds is 7. The summed E-state index contributed by atoms with van der Waals surface area (Å²) in [6, 6.07) is 5.42. The molecule has 5 unspecified atom stereocenters. The van der Waals surface area contributed by atoms with Crippen LogP contribution >= 0.6 is 0 Å². The van der Waals surface area contributed by atoms with Crippen molar-refractivity contribution in [1.29, 1.82) is 0 Å². The van der Waals surface area contributed by atoms with E-state index >= 15 is 0 Å². The highest BCUT2D eigenvalue weighted by atomic mass is 16.7. The number of carboxylic acid groups (broad SMARTS) is 1. The summed E-state index contributed by atoms with van der Waals surface area (Å²) in [5.41, 5.74) is -0.272. The third kappa shape index (κ3) is 4.85. The van der Waals surface area contributed by atoms with Gasteiger partial charge in [0.05, 0.1) is 17.7 Å². The van der Waals surface area contributed by atoms with Crippen LogP contribution in [0.2, 0.25) is 0 Å². The number of hydrogen-bond donors (Lipinski definition) is 6. The van der Waals surface area contributed by atoms with Crippen LogP contribution in [-0.2, 0) is 30.4 Å². The average Bonchev–Trinajstić information content (AvgIpc) is 2.85. The fraction of sp³-hybridized carbons (Fsp3) is 0.360. The lowest BCUT2D eigenvalue weighted by Crippen LogP contribution is -2.59. The van der Waals surface area contributed by atoms with Gasteiger partial charge in [-0.2, -0.15) is 0 Å². The van der Waals surface area contributed by atoms with Crippen molar-refractivity contribution >= 4 is 23.5 Å². The molecule has 202 valence electrons. The van der Waals surface area contributed by atoms with Gasteiger partial charge in [0.2, 0.25) is 5.78 Å². The van der Waals surface area contributed by atoms with E-state index in [0.717, 1.165) is 0 Å². The van der Waals surface area contributed by atoms with Gasteiger partial charge >= 0.3 is 11.9 Å². The van der Waals surface area contributed by atoms with Gasteiger partial charge in [0.1, 0.15) is 48.9 Å². The molecule has 1 aliphatic carbocycles. The molecule has 4 rings (SSSR count). The Morgan fingerprint density at radius 2 is 1.68 bits per heavy atom. The summed E-state index contributed by atoms with van der Waals surface area (Å²) < 4.78 is 15.7. The highest BCUT2D eigenvalue weighted by Crippen LogP contribution is 2.40. The number of ether oxygens (including phenoxy) is 3. The van der Waals surface area contributed by atoms with Gasteiger partial charge in [0, 0.05) is 16.7 Å². The lowest BCUT2D eigenvalue weighted by atomic mass is 9.81. The van der Waals surface area contributed by atoms with Gasteiger partial charge in [-0.25, -0.2) is 0 Å². The molecule has 6 N–H and O–H groups in total. The maximum atomic E-state index is 13.1. The van der Waals surface area contributed by atoms with E-state index < -0.39 is 85.3 Å². The number of aromatic hydroxyl groups is 2. The predicted octanol–water partition coefficient (Wildman–Crippen LogP) is -0.476. The molecule has 13 heteroatoms. The first-order valence-electron chi connectivity index (χ1n) is 11.4. The van der Waals surface area contributed by atoms with Crippen LogP contribution in [0.4, 0.5) is 0 Å². The maximum Gasteiger partial charge on any atom is 0.317 e. The van der Waals surface area contributed by atoms with E-state index in [2.05, 4.69) is 0 Å². The van der Waals surface area contributed by atoms with Gasteiger partial charge in [-0.15, -0.1) is 0 Å². The van der Waals surface area contributed by atoms with E-state index in [-0.39, 0.29) is 27.8 Å². The summed E-state index contributed by atoms with van der Waals surface area (Å²) in [5, 5.41) is 60.4. The van der Waals surface area contributed by atoms with Crippen LogP contribution in [0.1, 0.15) is 49.4 Å². The molecule has 0 bridgehead atoms. The van der Waals surface area contributed by atoms with Crippen LogP contribution in [-0.4, -0.2) is 91.5 Å². The number of carbonyl (C=O) groups excluding carboxylic acids is 3. The lowest BCUT2D eigenvalue weighted by molar-refractivity contribution is -0.304. The van der Waals surface area contributed by atoms with E-state index in [4.69, 9.17) is 19.3 Å². The Morgan fingerprint density at radius 3 is 2.37 bits per heavy atom. The molecular formula is C25H24O13. The van der Waals surface area contributed by atoms with Crippen LogP contribution in [0, 0.1) is 6.92 Å². The zero-order valence-corrected chi connectivity index (χ0v) is 19.9. The van der Waals surface area contributed by atoms with E-state index in [1.807, 2.05) is 0 Å². The molecule has 0 aromatic heterocycles. The van der Waals surface area contributed by atoms with Crippen molar-refractivity contribution in [3.05, 3.63) is 57.6 Å². The molecule has 1 heterocycles. The Kier molecular flexibility index (Phi) is 7.49. The number of hydrogen-bond acceptors (Lipinski definition) is 12. The summed E-state index contributed by atoms with van der Waals surface area (Å²) in [7, 11) is 0. The van der Waals surface area contributed by atoms with Gasteiger partial charge in [0.25, 0.3) is 0 Å². The Hall–Kier alpha value is -3.88. The van der Waals surface area contributed by atoms with Crippen LogP contribution in [0.5, 0.6) is 11.5 Å². The maximum absolute atomic E-state index is 13.1. The van der Waals surface area contributed by atoms with Crippen LogP contribution in [0.25, 0.3) is 0 Å². The van der Waals surface area contributed by atoms with Crippen LogP contribution < -0.4 is 0 Å². The highest BCUT2D eigenvalue weighted by Gasteiger charge is 2.45. The molecule has 1 fully saturated rings. The number of phenols is 2. The summed E-state index contributed by atoms with van der Waals surface area (Å²) in [6.45, 7) is 0.394. The van der Waals surface area contributed by atoms with Crippen LogP contribution in [0.3, 0.4) is 0 Å². The Labute approximate surface area is 214 Å². The minimum absolute atomic E-state index is 0.00771. The molecule has 1 saturated heterocycles. The topological polar surface area (TPSA) is 217 Å². The number of aryl methyl sites for hydroxylation is 1. The molecule has 0 amide bonds. The number of phenolic OH excluding ortho intramolecular Hbond substituents is 2. The van der Waals surface area contributed by atoms with Crippen LogP contribution in [0.15, 0.2) is 24.3 Å². The van der Waals surface area contributed by atoms with Crippen molar-refractivity contribution in [2.75, 3.05) is 6.61 Å². The SMILES string of the molecule is Cc1cc2c(c(O)c1COC1OC(COC(=O)CC(=O)O)C(O)C(O)C1O)C(=O)c1c(O)cccc1C2=O. The molecule has 1 aliphatic heterocycles. The zero-order valence-electron chi connectivity index (χ0n) is 19.9. The van der Waals surface area contributed by atoms with Crippen molar-refractivity contribution in [3.63, 3.8) is 0 Å². The lowest BCUT2D eigenvalue weighted by Gasteiger charge is -2.40.